The maximum Gasteiger partial charge on any atom is 0.341 e. The lowest BCUT2D eigenvalue weighted by atomic mass is 10.2. The summed E-state index contributed by atoms with van der Waals surface area (Å²) in [4.78, 5) is 37.6. The van der Waals surface area contributed by atoms with E-state index in [0.717, 1.165) is 0 Å². The molecular formula is C20H21N3O5. The molecule has 8 nitrogen and oxygen atoms in total. The molecule has 0 aliphatic heterocycles. The molecule has 0 saturated heterocycles. The fraction of sp³-hybridized carbons (Fsp3) is 0.300. The second-order valence-electron chi connectivity index (χ2n) is 6.42. The van der Waals surface area contributed by atoms with Crippen molar-refractivity contribution >= 4 is 22.8 Å². The van der Waals surface area contributed by atoms with Crippen molar-refractivity contribution in [3.8, 4) is 0 Å². The number of methoxy groups -OCH3 is 1. The number of benzene rings is 1. The van der Waals surface area contributed by atoms with Crippen LogP contribution in [0.5, 0.6) is 0 Å². The number of aryl methyl sites for hydroxylation is 2. The molecule has 8 heteroatoms. The smallest absolute Gasteiger partial charge is 0.341 e. The zero-order valence-corrected chi connectivity index (χ0v) is 16.0. The summed E-state index contributed by atoms with van der Waals surface area (Å²) in [5.74, 6) is 0.364. The Morgan fingerprint density at radius 3 is 2.79 bits per heavy atom. The van der Waals surface area contributed by atoms with Gasteiger partial charge in [0, 0.05) is 18.9 Å². The minimum absolute atomic E-state index is 0.113. The van der Waals surface area contributed by atoms with Crippen LogP contribution < -0.4 is 5.43 Å². The number of rotatable bonds is 6. The van der Waals surface area contributed by atoms with Gasteiger partial charge in [-0.05, 0) is 25.1 Å². The highest BCUT2D eigenvalue weighted by Gasteiger charge is 2.18. The number of hydrogen-bond donors (Lipinski definition) is 0. The molecule has 3 aromatic rings. The van der Waals surface area contributed by atoms with Crippen molar-refractivity contribution in [1.82, 2.24) is 14.7 Å². The van der Waals surface area contributed by atoms with Gasteiger partial charge in [-0.25, -0.2) is 4.79 Å². The summed E-state index contributed by atoms with van der Waals surface area (Å²) in [6, 6.07) is 8.74. The summed E-state index contributed by atoms with van der Waals surface area (Å²) in [5.41, 5.74) is 0.891. The second kappa shape index (κ2) is 8.08. The number of aromatic nitrogens is 2. The van der Waals surface area contributed by atoms with Gasteiger partial charge in [0.2, 0.25) is 11.3 Å². The highest BCUT2D eigenvalue weighted by Crippen LogP contribution is 2.17. The largest absolute Gasteiger partial charge is 0.465 e. The summed E-state index contributed by atoms with van der Waals surface area (Å²) >= 11 is 0. The van der Waals surface area contributed by atoms with Gasteiger partial charge in [-0.1, -0.05) is 12.1 Å². The van der Waals surface area contributed by atoms with Crippen molar-refractivity contribution in [3.05, 3.63) is 63.8 Å². The molecule has 0 aliphatic rings. The molecule has 0 saturated carbocycles. The Hall–Kier alpha value is -3.42. The maximum atomic E-state index is 12.5. The molecule has 1 amide bonds. The summed E-state index contributed by atoms with van der Waals surface area (Å²) < 4.78 is 11.9. The highest BCUT2D eigenvalue weighted by atomic mass is 16.5. The van der Waals surface area contributed by atoms with Gasteiger partial charge in [0.05, 0.1) is 31.9 Å². The van der Waals surface area contributed by atoms with E-state index in [1.165, 1.54) is 18.2 Å². The molecule has 0 radical (unpaired) electrons. The normalized spacial score (nSPS) is 10.8. The SMILES string of the molecule is COC(=O)c1cc(CN(C)C(=O)CCn2ncc(=O)c3ccccc32)oc1C. The van der Waals surface area contributed by atoms with Crippen LogP contribution in [0.15, 0.2) is 45.7 Å². The average Bonchev–Trinajstić information content (AvgIpc) is 3.06. The minimum Gasteiger partial charge on any atom is -0.465 e. The van der Waals surface area contributed by atoms with Gasteiger partial charge >= 0.3 is 5.97 Å². The van der Waals surface area contributed by atoms with Crippen LogP contribution in [0.25, 0.3) is 10.9 Å². The topological polar surface area (TPSA) is 94.6 Å². The van der Waals surface area contributed by atoms with Gasteiger partial charge in [-0.15, -0.1) is 0 Å². The van der Waals surface area contributed by atoms with Crippen LogP contribution in [0.2, 0.25) is 0 Å². The lowest BCUT2D eigenvalue weighted by molar-refractivity contribution is -0.130. The number of amides is 1. The number of fused-ring (bicyclic) bond motifs is 1. The fourth-order valence-electron chi connectivity index (χ4n) is 2.99. The molecule has 2 aromatic heterocycles. The fourth-order valence-corrected chi connectivity index (χ4v) is 2.99. The number of nitrogens with zero attached hydrogens (tertiary/aromatic N) is 3. The van der Waals surface area contributed by atoms with Crippen molar-refractivity contribution in [2.24, 2.45) is 0 Å². The number of para-hydroxylation sites is 1. The van der Waals surface area contributed by atoms with Crippen LogP contribution >= 0.6 is 0 Å². The quantitative estimate of drug-likeness (QED) is 0.605. The van der Waals surface area contributed by atoms with E-state index >= 15 is 0 Å². The highest BCUT2D eigenvalue weighted by molar-refractivity contribution is 5.90. The van der Waals surface area contributed by atoms with Crippen LogP contribution in [0.3, 0.4) is 0 Å². The Bertz CT molecular complexity index is 1080. The Kier molecular flexibility index (Phi) is 5.58. The molecule has 0 aliphatic carbocycles. The van der Waals surface area contributed by atoms with Crippen LogP contribution in [-0.4, -0.2) is 40.7 Å². The number of esters is 1. The Morgan fingerprint density at radius 1 is 1.29 bits per heavy atom. The molecule has 28 heavy (non-hydrogen) atoms. The lowest BCUT2D eigenvalue weighted by Gasteiger charge is -2.16. The Labute approximate surface area is 161 Å². The minimum atomic E-state index is -0.474. The molecule has 3 rings (SSSR count). The van der Waals surface area contributed by atoms with Gasteiger partial charge in [0.1, 0.15) is 17.1 Å². The first-order chi connectivity index (χ1) is 13.4. The first kappa shape index (κ1) is 19.3. The molecule has 0 unspecified atom stereocenters. The third kappa shape index (κ3) is 3.95. The lowest BCUT2D eigenvalue weighted by Crippen LogP contribution is -2.27. The number of furan rings is 1. The summed E-state index contributed by atoms with van der Waals surface area (Å²) in [5, 5.41) is 4.70. The van der Waals surface area contributed by atoms with E-state index in [2.05, 4.69) is 5.10 Å². The zero-order chi connectivity index (χ0) is 20.3. The van der Waals surface area contributed by atoms with E-state index < -0.39 is 5.97 Å². The van der Waals surface area contributed by atoms with Gasteiger partial charge < -0.3 is 14.1 Å². The van der Waals surface area contributed by atoms with Gasteiger partial charge in [0.15, 0.2) is 0 Å². The number of carbonyl (C=O) groups excluding carboxylic acids is 2. The van der Waals surface area contributed by atoms with Crippen LogP contribution in [-0.2, 0) is 22.6 Å². The molecule has 1 aromatic carbocycles. The molecule has 0 bridgehead atoms. The molecular weight excluding hydrogens is 362 g/mol. The molecule has 0 fully saturated rings. The van der Waals surface area contributed by atoms with Crippen LogP contribution in [0, 0.1) is 6.92 Å². The van der Waals surface area contributed by atoms with Crippen molar-refractivity contribution < 1.29 is 18.7 Å². The van der Waals surface area contributed by atoms with Crippen LogP contribution in [0.4, 0.5) is 0 Å². The summed E-state index contributed by atoms with van der Waals surface area (Å²) in [6.45, 7) is 2.24. The maximum absolute atomic E-state index is 12.5. The Balaban J connectivity index is 1.66. The third-order valence-corrected chi connectivity index (χ3v) is 4.49. The predicted octanol–water partition coefficient (Wildman–Crippen LogP) is 2.13. The molecule has 146 valence electrons. The van der Waals surface area contributed by atoms with Gasteiger partial charge in [0.25, 0.3) is 0 Å². The van der Waals surface area contributed by atoms with E-state index in [1.807, 2.05) is 6.07 Å². The van der Waals surface area contributed by atoms with Crippen molar-refractivity contribution in [2.45, 2.75) is 26.4 Å². The van der Waals surface area contributed by atoms with E-state index in [1.54, 1.807) is 42.9 Å². The molecule has 2 heterocycles. The van der Waals surface area contributed by atoms with Crippen molar-refractivity contribution in [3.63, 3.8) is 0 Å². The number of hydrogen-bond acceptors (Lipinski definition) is 6. The van der Waals surface area contributed by atoms with Crippen LogP contribution in [0.1, 0.15) is 28.3 Å². The first-order valence-electron chi connectivity index (χ1n) is 8.77. The standard InChI is InChI=1S/C20H21N3O5/c1-13-16(20(26)27-3)10-14(28-13)12-22(2)19(25)8-9-23-17-7-5-4-6-15(17)18(24)11-21-23/h4-7,10-11H,8-9,12H2,1-3H3. The number of ether oxygens (including phenoxy) is 1. The Morgan fingerprint density at radius 2 is 2.04 bits per heavy atom. The third-order valence-electron chi connectivity index (χ3n) is 4.49. The first-order valence-corrected chi connectivity index (χ1v) is 8.77. The van der Waals surface area contributed by atoms with E-state index in [4.69, 9.17) is 9.15 Å². The predicted molar refractivity (Wildman–Crippen MR) is 102 cm³/mol. The van der Waals surface area contributed by atoms with Crippen molar-refractivity contribution in [2.75, 3.05) is 14.2 Å². The monoisotopic (exact) mass is 383 g/mol. The van der Waals surface area contributed by atoms with Gasteiger partial charge in [-0.2, -0.15) is 5.10 Å². The summed E-state index contributed by atoms with van der Waals surface area (Å²) in [6.07, 6.45) is 1.47. The number of carbonyl (C=O) groups is 2. The van der Waals surface area contributed by atoms with E-state index in [9.17, 15) is 14.4 Å². The molecule has 0 spiro atoms. The van der Waals surface area contributed by atoms with Gasteiger partial charge in [-0.3, -0.25) is 14.3 Å². The molecule has 0 N–H and O–H groups in total. The zero-order valence-electron chi connectivity index (χ0n) is 16.0. The van der Waals surface area contributed by atoms with E-state index in [-0.39, 0.29) is 24.3 Å². The molecule has 0 atom stereocenters. The summed E-state index contributed by atoms with van der Waals surface area (Å²) in [7, 11) is 2.97. The second-order valence-corrected chi connectivity index (χ2v) is 6.42. The average molecular weight is 383 g/mol. The van der Waals surface area contributed by atoms with Crippen molar-refractivity contribution in [1.29, 1.82) is 0 Å². The van der Waals surface area contributed by atoms with E-state index in [0.29, 0.717) is 34.5 Å².